The lowest BCUT2D eigenvalue weighted by molar-refractivity contribution is -0.116. The third-order valence-electron chi connectivity index (χ3n) is 5.67. The fourth-order valence-corrected chi connectivity index (χ4v) is 5.19. The SMILES string of the molecule is COc1ccc(CC(=O)Nc2cccc(C3SCC(=O)N3c3ccccc3C(C)C)c2)cc1. The lowest BCUT2D eigenvalue weighted by Gasteiger charge is -2.28. The van der Waals surface area contributed by atoms with Gasteiger partial charge < -0.3 is 10.1 Å². The van der Waals surface area contributed by atoms with Crippen LogP contribution in [0.2, 0.25) is 0 Å². The molecule has 0 bridgehead atoms. The zero-order valence-electron chi connectivity index (χ0n) is 19.1. The number of carbonyl (C=O) groups excluding carboxylic acids is 2. The van der Waals surface area contributed by atoms with Crippen molar-refractivity contribution in [1.82, 2.24) is 0 Å². The Kier molecular flexibility index (Phi) is 7.04. The molecule has 0 saturated carbocycles. The zero-order valence-corrected chi connectivity index (χ0v) is 19.9. The number of nitrogens with one attached hydrogen (secondary N) is 1. The summed E-state index contributed by atoms with van der Waals surface area (Å²) < 4.78 is 5.17. The van der Waals surface area contributed by atoms with Crippen LogP contribution in [-0.2, 0) is 16.0 Å². The molecule has 1 aliphatic rings. The molecule has 1 unspecified atom stereocenters. The van der Waals surface area contributed by atoms with Crippen molar-refractivity contribution >= 4 is 35.0 Å². The summed E-state index contributed by atoms with van der Waals surface area (Å²) >= 11 is 1.61. The van der Waals surface area contributed by atoms with Crippen molar-refractivity contribution in [2.45, 2.75) is 31.6 Å². The van der Waals surface area contributed by atoms with Gasteiger partial charge in [0.1, 0.15) is 11.1 Å². The van der Waals surface area contributed by atoms with Gasteiger partial charge in [-0.1, -0.05) is 56.3 Å². The highest BCUT2D eigenvalue weighted by molar-refractivity contribution is 8.00. The molecule has 2 amide bonds. The van der Waals surface area contributed by atoms with Crippen LogP contribution in [0, 0.1) is 0 Å². The van der Waals surface area contributed by atoms with E-state index in [0.717, 1.165) is 33.8 Å². The van der Waals surface area contributed by atoms with Crippen LogP contribution in [0.5, 0.6) is 5.75 Å². The Hall–Kier alpha value is -3.25. The molecule has 3 aromatic carbocycles. The Balaban J connectivity index is 1.53. The molecule has 6 heteroatoms. The molecule has 170 valence electrons. The number of para-hydroxylation sites is 1. The van der Waals surface area contributed by atoms with Gasteiger partial charge in [-0.25, -0.2) is 0 Å². The maximum Gasteiger partial charge on any atom is 0.238 e. The van der Waals surface area contributed by atoms with Gasteiger partial charge in [0.25, 0.3) is 0 Å². The molecule has 0 radical (unpaired) electrons. The Morgan fingerprint density at radius 2 is 1.85 bits per heavy atom. The number of hydrogen-bond donors (Lipinski definition) is 1. The van der Waals surface area contributed by atoms with E-state index in [4.69, 9.17) is 4.74 Å². The van der Waals surface area contributed by atoms with Crippen LogP contribution in [0.3, 0.4) is 0 Å². The molecule has 1 atom stereocenters. The lowest BCUT2D eigenvalue weighted by atomic mass is 10.00. The minimum Gasteiger partial charge on any atom is -0.497 e. The highest BCUT2D eigenvalue weighted by Crippen LogP contribution is 2.44. The summed E-state index contributed by atoms with van der Waals surface area (Å²) in [6, 6.07) is 23.4. The van der Waals surface area contributed by atoms with Crippen LogP contribution in [0.1, 0.15) is 41.8 Å². The first-order valence-corrected chi connectivity index (χ1v) is 12.1. The highest BCUT2D eigenvalue weighted by atomic mass is 32.2. The number of carbonyl (C=O) groups is 2. The third kappa shape index (κ3) is 5.22. The minimum atomic E-state index is -0.129. The van der Waals surface area contributed by atoms with Gasteiger partial charge in [-0.3, -0.25) is 14.5 Å². The van der Waals surface area contributed by atoms with Gasteiger partial charge in [0, 0.05) is 11.4 Å². The first kappa shape index (κ1) is 22.9. The Labute approximate surface area is 199 Å². The van der Waals surface area contributed by atoms with Crippen LogP contribution < -0.4 is 15.0 Å². The van der Waals surface area contributed by atoms with Crippen molar-refractivity contribution in [3.63, 3.8) is 0 Å². The predicted molar refractivity (Wildman–Crippen MR) is 135 cm³/mol. The second-order valence-electron chi connectivity index (χ2n) is 8.34. The van der Waals surface area contributed by atoms with Crippen molar-refractivity contribution in [3.05, 3.63) is 89.5 Å². The smallest absolute Gasteiger partial charge is 0.238 e. The molecule has 3 aromatic rings. The van der Waals surface area contributed by atoms with Gasteiger partial charge in [0.15, 0.2) is 0 Å². The number of ether oxygens (including phenoxy) is 1. The molecule has 0 aliphatic carbocycles. The Morgan fingerprint density at radius 1 is 1.09 bits per heavy atom. The number of rotatable bonds is 7. The van der Waals surface area contributed by atoms with Gasteiger partial charge in [-0.05, 0) is 52.9 Å². The second-order valence-corrected chi connectivity index (χ2v) is 9.41. The number of thioether (sulfide) groups is 1. The molecule has 0 spiro atoms. The molecule has 1 aliphatic heterocycles. The Bertz CT molecular complexity index is 1140. The van der Waals surface area contributed by atoms with E-state index in [1.807, 2.05) is 71.6 Å². The molecule has 1 heterocycles. The number of anilines is 2. The molecule has 33 heavy (non-hydrogen) atoms. The molecule has 0 aromatic heterocycles. The minimum absolute atomic E-state index is 0.0884. The van der Waals surface area contributed by atoms with E-state index in [0.29, 0.717) is 11.7 Å². The fourth-order valence-electron chi connectivity index (χ4n) is 4.03. The molecule has 4 rings (SSSR count). The second kappa shape index (κ2) is 10.1. The molecular weight excluding hydrogens is 432 g/mol. The number of methoxy groups -OCH3 is 1. The molecule has 1 fully saturated rings. The molecular formula is C27H28N2O3S. The van der Waals surface area contributed by atoms with Gasteiger partial charge >= 0.3 is 0 Å². The molecule has 5 nitrogen and oxygen atoms in total. The summed E-state index contributed by atoms with van der Waals surface area (Å²) in [4.78, 5) is 27.4. The number of nitrogens with zero attached hydrogens (tertiary/aromatic N) is 1. The predicted octanol–water partition coefficient (Wildman–Crippen LogP) is 5.78. The summed E-state index contributed by atoms with van der Waals surface area (Å²) in [7, 11) is 1.62. The van der Waals surface area contributed by atoms with E-state index in [9.17, 15) is 9.59 Å². The highest BCUT2D eigenvalue weighted by Gasteiger charge is 2.35. The van der Waals surface area contributed by atoms with Gasteiger partial charge in [-0.2, -0.15) is 0 Å². The fraction of sp³-hybridized carbons (Fsp3) is 0.259. The monoisotopic (exact) mass is 460 g/mol. The van der Waals surface area contributed by atoms with E-state index >= 15 is 0 Å². The summed E-state index contributed by atoms with van der Waals surface area (Å²) in [5.41, 5.74) is 4.75. The van der Waals surface area contributed by atoms with E-state index in [-0.39, 0.29) is 23.6 Å². The van der Waals surface area contributed by atoms with Crippen LogP contribution in [0.4, 0.5) is 11.4 Å². The van der Waals surface area contributed by atoms with Crippen LogP contribution in [0.25, 0.3) is 0 Å². The van der Waals surface area contributed by atoms with Crippen molar-refractivity contribution in [2.75, 3.05) is 23.1 Å². The number of benzene rings is 3. The zero-order chi connectivity index (χ0) is 23.4. The summed E-state index contributed by atoms with van der Waals surface area (Å²) in [6.07, 6.45) is 0.277. The largest absolute Gasteiger partial charge is 0.497 e. The van der Waals surface area contributed by atoms with Gasteiger partial charge in [0.05, 0.1) is 19.3 Å². The maximum atomic E-state index is 12.9. The quantitative estimate of drug-likeness (QED) is 0.486. The average molecular weight is 461 g/mol. The van der Waals surface area contributed by atoms with Crippen LogP contribution in [0.15, 0.2) is 72.8 Å². The third-order valence-corrected chi connectivity index (χ3v) is 6.88. The van der Waals surface area contributed by atoms with Crippen molar-refractivity contribution in [3.8, 4) is 5.75 Å². The van der Waals surface area contributed by atoms with Crippen molar-refractivity contribution in [1.29, 1.82) is 0 Å². The van der Waals surface area contributed by atoms with Crippen molar-refractivity contribution in [2.24, 2.45) is 0 Å². The van der Waals surface area contributed by atoms with Crippen molar-refractivity contribution < 1.29 is 14.3 Å². The van der Waals surface area contributed by atoms with Gasteiger partial charge in [0.2, 0.25) is 11.8 Å². The molecule has 1 N–H and O–H groups in total. The first-order valence-electron chi connectivity index (χ1n) is 11.0. The number of hydrogen-bond acceptors (Lipinski definition) is 4. The van der Waals surface area contributed by atoms with Crippen LogP contribution >= 0.6 is 11.8 Å². The van der Waals surface area contributed by atoms with E-state index in [1.54, 1.807) is 18.9 Å². The lowest BCUT2D eigenvalue weighted by Crippen LogP contribution is -2.29. The van der Waals surface area contributed by atoms with Gasteiger partial charge in [-0.15, -0.1) is 11.8 Å². The summed E-state index contributed by atoms with van der Waals surface area (Å²) in [5, 5.41) is 2.87. The molecule has 1 saturated heterocycles. The van der Waals surface area contributed by atoms with E-state index in [2.05, 4.69) is 25.2 Å². The van der Waals surface area contributed by atoms with Crippen LogP contribution in [-0.4, -0.2) is 24.7 Å². The maximum absolute atomic E-state index is 12.9. The standard InChI is InChI=1S/C27H28N2O3S/c1-18(2)23-9-4-5-10-24(23)29-26(31)17-33-27(29)20-7-6-8-21(16-20)28-25(30)15-19-11-13-22(32-3)14-12-19/h4-14,16,18,27H,15,17H2,1-3H3,(H,28,30). The summed E-state index contributed by atoms with van der Waals surface area (Å²) in [5.74, 6) is 1.52. The summed E-state index contributed by atoms with van der Waals surface area (Å²) in [6.45, 7) is 4.28. The van der Waals surface area contributed by atoms with E-state index < -0.39 is 0 Å². The average Bonchev–Trinajstić information content (AvgIpc) is 3.21. The van der Waals surface area contributed by atoms with E-state index in [1.165, 1.54) is 0 Å². The Morgan fingerprint density at radius 3 is 2.58 bits per heavy atom. The normalized spacial score (nSPS) is 15.7. The first-order chi connectivity index (χ1) is 16.0. The number of amides is 2. The topological polar surface area (TPSA) is 58.6 Å².